The van der Waals surface area contributed by atoms with Crippen LogP contribution in [0.25, 0.3) is 0 Å². The molecule has 1 aromatic carbocycles. The fourth-order valence-electron chi connectivity index (χ4n) is 2.65. The van der Waals surface area contributed by atoms with Crippen molar-refractivity contribution in [1.29, 1.82) is 0 Å². The Labute approximate surface area is 119 Å². The predicted octanol–water partition coefficient (Wildman–Crippen LogP) is 2.01. The summed E-state index contributed by atoms with van der Waals surface area (Å²) in [5.41, 5.74) is 1.15. The van der Waals surface area contributed by atoms with E-state index < -0.39 is 0 Å². The highest BCUT2D eigenvalue weighted by Crippen LogP contribution is 2.35. The summed E-state index contributed by atoms with van der Waals surface area (Å²) in [5.74, 6) is 1.38. The van der Waals surface area contributed by atoms with Crippen molar-refractivity contribution in [3.8, 4) is 5.75 Å². The molecule has 3 rings (SSSR count). The first-order valence-corrected chi connectivity index (χ1v) is 7.43. The van der Waals surface area contributed by atoms with E-state index in [0.29, 0.717) is 18.6 Å². The third-order valence-electron chi connectivity index (χ3n) is 4.07. The largest absolute Gasteiger partial charge is 0.493 e. The molecule has 4 heteroatoms. The van der Waals surface area contributed by atoms with Gasteiger partial charge in [-0.2, -0.15) is 0 Å². The number of carbonyl (C=O) groups excluding carboxylic acids is 1. The first-order chi connectivity index (χ1) is 9.65. The highest BCUT2D eigenvalue weighted by molar-refractivity contribution is 5.81. The minimum atomic E-state index is -0.186. The highest BCUT2D eigenvalue weighted by Gasteiger charge is 2.31. The maximum absolute atomic E-state index is 12.1. The van der Waals surface area contributed by atoms with Crippen molar-refractivity contribution in [1.82, 2.24) is 10.6 Å². The quantitative estimate of drug-likeness (QED) is 0.883. The van der Waals surface area contributed by atoms with Crippen LogP contribution in [0, 0.1) is 5.92 Å². The standard InChI is InChI=1S/C16H22N2O2/c1-10-9-20-14-6-4-3-5-13(14)15(10)17-11(2)16(19)18-12-7-8-12/h3-6,10-12,15,17H,7-9H2,1-2H3,(H,18,19). The molecule has 20 heavy (non-hydrogen) atoms. The topological polar surface area (TPSA) is 50.4 Å². The van der Waals surface area contributed by atoms with Crippen LogP contribution in [-0.2, 0) is 4.79 Å². The molecule has 1 saturated carbocycles. The van der Waals surface area contributed by atoms with Crippen molar-refractivity contribution in [3.05, 3.63) is 29.8 Å². The Morgan fingerprint density at radius 2 is 2.10 bits per heavy atom. The maximum atomic E-state index is 12.1. The number of ether oxygens (including phenoxy) is 1. The third-order valence-corrected chi connectivity index (χ3v) is 4.07. The summed E-state index contributed by atoms with van der Waals surface area (Å²) in [4.78, 5) is 12.1. The second-order valence-electron chi connectivity index (χ2n) is 5.98. The Morgan fingerprint density at radius 1 is 1.35 bits per heavy atom. The van der Waals surface area contributed by atoms with Crippen molar-refractivity contribution >= 4 is 5.91 Å². The molecule has 2 aliphatic rings. The number of carbonyl (C=O) groups is 1. The van der Waals surface area contributed by atoms with Crippen molar-refractivity contribution in [2.45, 2.75) is 44.8 Å². The average Bonchev–Trinajstić information content (AvgIpc) is 3.25. The van der Waals surface area contributed by atoms with Crippen LogP contribution in [0.5, 0.6) is 5.75 Å². The molecule has 0 aromatic heterocycles. The van der Waals surface area contributed by atoms with Gasteiger partial charge < -0.3 is 10.1 Å². The fraction of sp³-hybridized carbons (Fsp3) is 0.562. The molecule has 1 fully saturated rings. The number of hydrogen-bond donors (Lipinski definition) is 2. The summed E-state index contributed by atoms with van der Waals surface area (Å²) >= 11 is 0. The van der Waals surface area contributed by atoms with E-state index in [1.807, 2.05) is 25.1 Å². The van der Waals surface area contributed by atoms with Crippen LogP contribution in [0.15, 0.2) is 24.3 Å². The van der Waals surface area contributed by atoms with Crippen LogP contribution in [0.3, 0.4) is 0 Å². The summed E-state index contributed by atoms with van der Waals surface area (Å²) in [6.07, 6.45) is 2.24. The van der Waals surface area contributed by atoms with Gasteiger partial charge in [0.15, 0.2) is 0 Å². The number of benzene rings is 1. The summed E-state index contributed by atoms with van der Waals surface area (Å²) in [6, 6.07) is 8.46. The minimum Gasteiger partial charge on any atom is -0.493 e. The number of amides is 1. The van der Waals surface area contributed by atoms with E-state index in [2.05, 4.69) is 23.6 Å². The summed E-state index contributed by atoms with van der Waals surface area (Å²) < 4.78 is 5.74. The molecule has 0 radical (unpaired) electrons. The van der Waals surface area contributed by atoms with Gasteiger partial charge in [0.05, 0.1) is 12.6 Å². The molecule has 1 aliphatic carbocycles. The van der Waals surface area contributed by atoms with E-state index in [4.69, 9.17) is 4.74 Å². The molecule has 108 valence electrons. The first-order valence-electron chi connectivity index (χ1n) is 7.43. The smallest absolute Gasteiger partial charge is 0.237 e. The lowest BCUT2D eigenvalue weighted by atomic mass is 9.91. The molecule has 1 aliphatic heterocycles. The van der Waals surface area contributed by atoms with Gasteiger partial charge in [0.1, 0.15) is 5.75 Å². The van der Waals surface area contributed by atoms with Gasteiger partial charge in [-0.1, -0.05) is 25.1 Å². The lowest BCUT2D eigenvalue weighted by Crippen LogP contribution is -2.47. The van der Waals surface area contributed by atoms with E-state index in [1.165, 1.54) is 0 Å². The third kappa shape index (κ3) is 2.80. The van der Waals surface area contributed by atoms with Gasteiger partial charge in [-0.25, -0.2) is 0 Å². The van der Waals surface area contributed by atoms with Gasteiger partial charge in [-0.15, -0.1) is 0 Å². The van der Waals surface area contributed by atoms with Crippen LogP contribution in [0.1, 0.15) is 38.3 Å². The number of hydrogen-bond acceptors (Lipinski definition) is 3. The van der Waals surface area contributed by atoms with Gasteiger partial charge in [0, 0.05) is 23.6 Å². The Morgan fingerprint density at radius 3 is 2.85 bits per heavy atom. The zero-order valence-electron chi connectivity index (χ0n) is 12.1. The summed E-state index contributed by atoms with van der Waals surface area (Å²) in [6.45, 7) is 4.77. The molecule has 1 amide bonds. The average molecular weight is 274 g/mol. The van der Waals surface area contributed by atoms with Crippen molar-refractivity contribution in [2.24, 2.45) is 5.92 Å². The van der Waals surface area contributed by atoms with Crippen LogP contribution in [0.2, 0.25) is 0 Å². The Kier molecular flexibility index (Phi) is 3.66. The summed E-state index contributed by atoms with van der Waals surface area (Å²) in [7, 11) is 0. The lowest BCUT2D eigenvalue weighted by Gasteiger charge is -2.33. The van der Waals surface area contributed by atoms with Crippen molar-refractivity contribution in [2.75, 3.05) is 6.61 Å². The van der Waals surface area contributed by atoms with E-state index in [0.717, 1.165) is 24.2 Å². The summed E-state index contributed by atoms with van der Waals surface area (Å²) in [5, 5.41) is 6.51. The van der Waals surface area contributed by atoms with Crippen LogP contribution in [-0.4, -0.2) is 24.6 Å². The molecule has 0 bridgehead atoms. The molecule has 2 N–H and O–H groups in total. The number of para-hydroxylation sites is 1. The van der Waals surface area contributed by atoms with Crippen LogP contribution in [0.4, 0.5) is 0 Å². The first kappa shape index (κ1) is 13.4. The van der Waals surface area contributed by atoms with Gasteiger partial charge in [-0.3, -0.25) is 10.1 Å². The Bertz CT molecular complexity index is 499. The maximum Gasteiger partial charge on any atom is 0.237 e. The molecule has 4 nitrogen and oxygen atoms in total. The van der Waals surface area contributed by atoms with E-state index >= 15 is 0 Å². The van der Waals surface area contributed by atoms with Gasteiger partial charge in [0.2, 0.25) is 5.91 Å². The molecule has 0 saturated heterocycles. The van der Waals surface area contributed by atoms with E-state index in [1.54, 1.807) is 0 Å². The van der Waals surface area contributed by atoms with Crippen LogP contribution >= 0.6 is 0 Å². The zero-order chi connectivity index (χ0) is 14.1. The zero-order valence-corrected chi connectivity index (χ0v) is 12.1. The molecular weight excluding hydrogens is 252 g/mol. The molecule has 1 heterocycles. The second-order valence-corrected chi connectivity index (χ2v) is 5.98. The molecule has 3 atom stereocenters. The number of rotatable bonds is 4. The van der Waals surface area contributed by atoms with E-state index in [-0.39, 0.29) is 18.0 Å². The van der Waals surface area contributed by atoms with Crippen LogP contribution < -0.4 is 15.4 Å². The lowest BCUT2D eigenvalue weighted by molar-refractivity contribution is -0.123. The second kappa shape index (κ2) is 5.44. The Hall–Kier alpha value is -1.55. The minimum absolute atomic E-state index is 0.101. The van der Waals surface area contributed by atoms with Gasteiger partial charge in [0.25, 0.3) is 0 Å². The molecule has 1 aromatic rings. The molecule has 3 unspecified atom stereocenters. The van der Waals surface area contributed by atoms with Gasteiger partial charge >= 0.3 is 0 Å². The fourth-order valence-corrected chi connectivity index (χ4v) is 2.65. The SMILES string of the molecule is CC(NC1c2ccccc2OCC1C)C(=O)NC1CC1. The highest BCUT2D eigenvalue weighted by atomic mass is 16.5. The monoisotopic (exact) mass is 274 g/mol. The number of fused-ring (bicyclic) bond motifs is 1. The van der Waals surface area contributed by atoms with Crippen molar-refractivity contribution < 1.29 is 9.53 Å². The molecule has 0 spiro atoms. The number of nitrogens with one attached hydrogen (secondary N) is 2. The van der Waals surface area contributed by atoms with E-state index in [9.17, 15) is 4.79 Å². The normalized spacial score (nSPS) is 26.3. The molecular formula is C16H22N2O2. The predicted molar refractivity (Wildman–Crippen MR) is 77.6 cm³/mol. The van der Waals surface area contributed by atoms with Gasteiger partial charge in [-0.05, 0) is 25.8 Å². The van der Waals surface area contributed by atoms with Crippen molar-refractivity contribution in [3.63, 3.8) is 0 Å². The Balaban J connectivity index is 1.70.